The maximum absolute atomic E-state index is 10.8. The highest BCUT2D eigenvalue weighted by Crippen LogP contribution is 1.89. The quantitative estimate of drug-likeness (QED) is 0.609. The third-order valence-electron chi connectivity index (χ3n) is 1.46. The number of hydrogen-bond acceptors (Lipinski definition) is 3. The summed E-state index contributed by atoms with van der Waals surface area (Å²) in [6, 6.07) is 1.67. The van der Waals surface area contributed by atoms with Crippen LogP contribution in [0.1, 0.15) is 19.8 Å². The lowest BCUT2D eigenvalue weighted by molar-refractivity contribution is -0.120. The Morgan fingerprint density at radius 2 is 2.33 bits per heavy atom. The first-order valence-corrected chi connectivity index (χ1v) is 4.08. The molecule has 0 fully saturated rings. The van der Waals surface area contributed by atoms with Crippen LogP contribution in [0.25, 0.3) is 0 Å². The minimum atomic E-state index is -0.357. The standard InChI is InChI=1S/C8H15N3O/c1-3-4-11-7(6-9)5-8(12)10-2/h7,11H,3-5H2,1-2H3,(H,10,12). The lowest BCUT2D eigenvalue weighted by atomic mass is 10.2. The van der Waals surface area contributed by atoms with Crippen LogP contribution in [0.2, 0.25) is 0 Å². The molecule has 0 aliphatic rings. The second kappa shape index (κ2) is 6.62. The van der Waals surface area contributed by atoms with E-state index in [0.29, 0.717) is 0 Å². The van der Waals surface area contributed by atoms with E-state index in [4.69, 9.17) is 5.26 Å². The van der Waals surface area contributed by atoms with E-state index >= 15 is 0 Å². The summed E-state index contributed by atoms with van der Waals surface area (Å²) in [6.07, 6.45) is 1.19. The molecule has 4 nitrogen and oxygen atoms in total. The lowest BCUT2D eigenvalue weighted by Crippen LogP contribution is -2.33. The number of rotatable bonds is 5. The molecule has 0 heterocycles. The predicted molar refractivity (Wildman–Crippen MR) is 46.4 cm³/mol. The average Bonchev–Trinajstić information content (AvgIpc) is 2.11. The van der Waals surface area contributed by atoms with E-state index < -0.39 is 0 Å². The van der Waals surface area contributed by atoms with Gasteiger partial charge in [0.05, 0.1) is 12.5 Å². The van der Waals surface area contributed by atoms with Crippen LogP contribution in [0.4, 0.5) is 0 Å². The van der Waals surface area contributed by atoms with Gasteiger partial charge in [0, 0.05) is 7.05 Å². The first kappa shape index (κ1) is 10.9. The molecule has 2 N–H and O–H groups in total. The second-order valence-electron chi connectivity index (χ2n) is 2.51. The monoisotopic (exact) mass is 169 g/mol. The van der Waals surface area contributed by atoms with E-state index in [-0.39, 0.29) is 18.4 Å². The van der Waals surface area contributed by atoms with Gasteiger partial charge < -0.3 is 10.6 Å². The third-order valence-corrected chi connectivity index (χ3v) is 1.46. The van der Waals surface area contributed by atoms with Crippen LogP contribution in [-0.2, 0) is 4.79 Å². The van der Waals surface area contributed by atoms with Gasteiger partial charge in [-0.2, -0.15) is 5.26 Å². The molecule has 1 atom stereocenters. The first-order valence-electron chi connectivity index (χ1n) is 4.08. The van der Waals surface area contributed by atoms with Gasteiger partial charge in [-0.05, 0) is 13.0 Å². The van der Waals surface area contributed by atoms with Crippen LogP contribution < -0.4 is 10.6 Å². The minimum Gasteiger partial charge on any atom is -0.359 e. The molecule has 0 aliphatic heterocycles. The third kappa shape index (κ3) is 4.69. The van der Waals surface area contributed by atoms with Crippen LogP contribution >= 0.6 is 0 Å². The molecule has 0 saturated heterocycles. The Hall–Kier alpha value is -1.08. The van der Waals surface area contributed by atoms with Crippen molar-refractivity contribution in [2.75, 3.05) is 13.6 Å². The van der Waals surface area contributed by atoms with Gasteiger partial charge in [-0.15, -0.1) is 0 Å². The molecule has 0 aliphatic carbocycles. The van der Waals surface area contributed by atoms with Gasteiger partial charge in [0.25, 0.3) is 0 Å². The number of amides is 1. The van der Waals surface area contributed by atoms with Crippen LogP contribution in [-0.4, -0.2) is 25.5 Å². The second-order valence-corrected chi connectivity index (χ2v) is 2.51. The van der Waals surface area contributed by atoms with E-state index in [1.165, 1.54) is 0 Å². The summed E-state index contributed by atoms with van der Waals surface area (Å²) in [5.41, 5.74) is 0. The number of nitrogens with zero attached hydrogens (tertiary/aromatic N) is 1. The highest BCUT2D eigenvalue weighted by Gasteiger charge is 2.09. The summed E-state index contributed by atoms with van der Waals surface area (Å²) in [5.74, 6) is -0.106. The molecule has 1 amide bonds. The number of nitriles is 1. The first-order chi connectivity index (χ1) is 5.74. The van der Waals surface area contributed by atoms with Crippen LogP contribution in [0, 0.1) is 11.3 Å². The Bertz CT molecular complexity index is 174. The Balaban J connectivity index is 3.69. The molecule has 0 aromatic heterocycles. The van der Waals surface area contributed by atoms with Gasteiger partial charge in [0.2, 0.25) is 5.91 Å². The Labute approximate surface area is 72.9 Å². The highest BCUT2D eigenvalue weighted by molar-refractivity contribution is 5.76. The van der Waals surface area contributed by atoms with Crippen molar-refractivity contribution in [1.29, 1.82) is 5.26 Å². The van der Waals surface area contributed by atoms with Crippen molar-refractivity contribution in [3.8, 4) is 6.07 Å². The number of carbonyl (C=O) groups is 1. The zero-order valence-electron chi connectivity index (χ0n) is 7.55. The molecular weight excluding hydrogens is 154 g/mol. The van der Waals surface area contributed by atoms with E-state index in [2.05, 4.69) is 10.6 Å². The SMILES string of the molecule is CCCNC(C#N)CC(=O)NC. The average molecular weight is 169 g/mol. The topological polar surface area (TPSA) is 64.9 Å². The summed E-state index contributed by atoms with van der Waals surface area (Å²) in [6.45, 7) is 2.79. The van der Waals surface area contributed by atoms with Gasteiger partial charge in [-0.25, -0.2) is 0 Å². The van der Waals surface area contributed by atoms with E-state index in [1.54, 1.807) is 7.05 Å². The van der Waals surface area contributed by atoms with Crippen molar-refractivity contribution in [1.82, 2.24) is 10.6 Å². The van der Waals surface area contributed by atoms with Gasteiger partial charge in [-0.3, -0.25) is 4.79 Å². The Kier molecular flexibility index (Phi) is 6.02. The summed E-state index contributed by atoms with van der Waals surface area (Å²) >= 11 is 0. The Morgan fingerprint density at radius 3 is 2.75 bits per heavy atom. The lowest BCUT2D eigenvalue weighted by Gasteiger charge is -2.08. The molecule has 0 aromatic rings. The number of carbonyl (C=O) groups excluding carboxylic acids is 1. The summed E-state index contributed by atoms with van der Waals surface area (Å²) in [4.78, 5) is 10.8. The number of nitrogens with one attached hydrogen (secondary N) is 2. The van der Waals surface area contributed by atoms with E-state index in [1.807, 2.05) is 13.0 Å². The van der Waals surface area contributed by atoms with Crippen LogP contribution in [0.5, 0.6) is 0 Å². The zero-order valence-corrected chi connectivity index (χ0v) is 7.55. The van der Waals surface area contributed by atoms with Gasteiger partial charge in [-0.1, -0.05) is 6.92 Å². The molecule has 0 spiro atoms. The molecule has 0 rings (SSSR count). The smallest absolute Gasteiger partial charge is 0.222 e. The van der Waals surface area contributed by atoms with Crippen molar-refractivity contribution in [3.63, 3.8) is 0 Å². The maximum Gasteiger partial charge on any atom is 0.222 e. The highest BCUT2D eigenvalue weighted by atomic mass is 16.1. The molecule has 0 aromatic carbocycles. The molecular formula is C8H15N3O. The van der Waals surface area contributed by atoms with Crippen molar-refractivity contribution in [2.45, 2.75) is 25.8 Å². The molecule has 0 bridgehead atoms. The number of hydrogen-bond donors (Lipinski definition) is 2. The Morgan fingerprint density at radius 1 is 1.67 bits per heavy atom. The minimum absolute atomic E-state index is 0.106. The van der Waals surface area contributed by atoms with E-state index in [0.717, 1.165) is 13.0 Å². The molecule has 1 unspecified atom stereocenters. The predicted octanol–water partition coefficient (Wildman–Crippen LogP) is 0.0143. The van der Waals surface area contributed by atoms with Crippen molar-refractivity contribution in [2.24, 2.45) is 0 Å². The van der Waals surface area contributed by atoms with Crippen molar-refractivity contribution < 1.29 is 4.79 Å². The van der Waals surface area contributed by atoms with Gasteiger partial charge in [0.1, 0.15) is 6.04 Å². The fraction of sp³-hybridized carbons (Fsp3) is 0.750. The maximum atomic E-state index is 10.8. The zero-order chi connectivity index (χ0) is 9.40. The molecule has 0 radical (unpaired) electrons. The summed E-state index contributed by atoms with van der Waals surface area (Å²) in [5, 5.41) is 14.0. The van der Waals surface area contributed by atoms with Gasteiger partial charge >= 0.3 is 0 Å². The van der Waals surface area contributed by atoms with Crippen LogP contribution in [0.3, 0.4) is 0 Å². The summed E-state index contributed by atoms with van der Waals surface area (Å²) < 4.78 is 0. The summed E-state index contributed by atoms with van der Waals surface area (Å²) in [7, 11) is 1.57. The molecule has 4 heteroatoms. The normalized spacial score (nSPS) is 11.8. The van der Waals surface area contributed by atoms with E-state index in [9.17, 15) is 4.79 Å². The molecule has 12 heavy (non-hydrogen) atoms. The largest absolute Gasteiger partial charge is 0.359 e. The fourth-order valence-electron chi connectivity index (χ4n) is 0.769. The molecule has 68 valence electrons. The van der Waals surface area contributed by atoms with Crippen LogP contribution in [0.15, 0.2) is 0 Å². The fourth-order valence-corrected chi connectivity index (χ4v) is 0.769. The van der Waals surface area contributed by atoms with Gasteiger partial charge in [0.15, 0.2) is 0 Å². The van der Waals surface area contributed by atoms with Crippen molar-refractivity contribution >= 4 is 5.91 Å². The molecule has 0 saturated carbocycles. The van der Waals surface area contributed by atoms with Crippen molar-refractivity contribution in [3.05, 3.63) is 0 Å².